The molecule has 50 valence electrons. The maximum absolute atomic E-state index is 11.9. The zero-order valence-electron chi connectivity index (χ0n) is 5.02. The van der Waals surface area contributed by atoms with Crippen LogP contribution in [0, 0.1) is 6.92 Å². The molecule has 0 spiro atoms. The molecule has 1 heterocycles. The number of halogens is 1. The second-order valence-electron chi connectivity index (χ2n) is 1.69. The monoisotopic (exact) mass is 146 g/mol. The van der Waals surface area contributed by atoms with E-state index in [1.54, 1.807) is 0 Å². The van der Waals surface area contributed by atoms with E-state index in [1.807, 2.05) is 6.92 Å². The van der Waals surface area contributed by atoms with Gasteiger partial charge in [-0.05, 0) is 6.92 Å². The first-order valence-electron chi connectivity index (χ1n) is 2.51. The van der Waals surface area contributed by atoms with E-state index in [9.17, 15) is 4.39 Å². The van der Waals surface area contributed by atoms with Crippen molar-refractivity contribution < 1.29 is 4.39 Å². The summed E-state index contributed by atoms with van der Waals surface area (Å²) in [7, 11) is 0. The fourth-order valence-corrected chi connectivity index (χ4v) is 1.26. The second kappa shape index (κ2) is 2.31. The van der Waals surface area contributed by atoms with E-state index in [-0.39, 0.29) is 0 Å². The number of nitrogens with zero attached hydrogens (tertiary/aromatic N) is 1. The van der Waals surface area contributed by atoms with Gasteiger partial charge in [0.2, 0.25) is 0 Å². The molecule has 0 radical (unpaired) electrons. The highest BCUT2D eigenvalue weighted by molar-refractivity contribution is 7.15. The summed E-state index contributed by atoms with van der Waals surface area (Å²) < 4.78 is 11.9. The second-order valence-corrected chi connectivity index (χ2v) is 2.92. The maximum Gasteiger partial charge on any atom is 0.180 e. The molecule has 0 amide bonds. The van der Waals surface area contributed by atoms with Gasteiger partial charge < -0.3 is 5.73 Å². The van der Waals surface area contributed by atoms with Gasteiger partial charge in [0.25, 0.3) is 0 Å². The number of hydrogen-bond donors (Lipinski definition) is 1. The molecule has 9 heavy (non-hydrogen) atoms. The number of nitrogen functional groups attached to an aromatic ring is 1. The number of rotatable bonds is 1. The quantitative estimate of drug-likeness (QED) is 0.652. The van der Waals surface area contributed by atoms with Crippen molar-refractivity contribution in [2.75, 3.05) is 5.73 Å². The lowest BCUT2D eigenvalue weighted by Gasteiger charge is -1.83. The molecule has 0 aromatic carbocycles. The molecule has 0 bridgehead atoms. The van der Waals surface area contributed by atoms with Crippen molar-refractivity contribution >= 4 is 16.5 Å². The lowest BCUT2D eigenvalue weighted by molar-refractivity contribution is 0.476. The minimum atomic E-state index is -0.514. The Morgan fingerprint density at radius 2 is 2.44 bits per heavy atom. The summed E-state index contributed by atoms with van der Waals surface area (Å²) in [5.41, 5.74) is 5.77. The van der Waals surface area contributed by atoms with E-state index in [1.165, 1.54) is 11.3 Å². The molecule has 2 N–H and O–H groups in total. The molecule has 0 saturated carbocycles. The highest BCUT2D eigenvalue weighted by Crippen LogP contribution is 2.19. The van der Waals surface area contributed by atoms with Crippen LogP contribution < -0.4 is 5.73 Å². The largest absolute Gasteiger partial charge is 0.375 e. The van der Waals surface area contributed by atoms with Crippen molar-refractivity contribution in [2.45, 2.75) is 13.6 Å². The average Bonchev–Trinajstić information content (AvgIpc) is 2.10. The lowest BCUT2D eigenvalue weighted by atomic mass is 10.4. The molecule has 0 unspecified atom stereocenters. The molecule has 1 aromatic heterocycles. The average molecular weight is 146 g/mol. The Bertz CT molecular complexity index is 209. The van der Waals surface area contributed by atoms with Crippen molar-refractivity contribution in [3.8, 4) is 0 Å². The number of thiazole rings is 1. The van der Waals surface area contributed by atoms with Crippen LogP contribution in [0.4, 0.5) is 9.52 Å². The van der Waals surface area contributed by atoms with Gasteiger partial charge in [-0.15, -0.1) is 11.3 Å². The number of hydrogen-bond acceptors (Lipinski definition) is 3. The Kier molecular flexibility index (Phi) is 1.66. The highest BCUT2D eigenvalue weighted by atomic mass is 32.1. The van der Waals surface area contributed by atoms with Crippen molar-refractivity contribution in [1.29, 1.82) is 0 Å². The third-order valence-corrected chi connectivity index (χ3v) is 1.88. The van der Waals surface area contributed by atoms with Crippen LogP contribution >= 0.6 is 11.3 Å². The minimum absolute atomic E-state index is 0.445. The van der Waals surface area contributed by atoms with E-state index in [0.717, 1.165) is 4.88 Å². The van der Waals surface area contributed by atoms with Crippen LogP contribution in [-0.4, -0.2) is 4.98 Å². The predicted octanol–water partition coefficient (Wildman–Crippen LogP) is 1.50. The fourth-order valence-electron chi connectivity index (χ4n) is 0.574. The van der Waals surface area contributed by atoms with Crippen LogP contribution in [0.25, 0.3) is 0 Å². The minimum Gasteiger partial charge on any atom is -0.375 e. The topological polar surface area (TPSA) is 38.9 Å². The van der Waals surface area contributed by atoms with E-state index in [0.29, 0.717) is 10.8 Å². The molecule has 0 saturated heterocycles. The fraction of sp³-hybridized carbons (Fsp3) is 0.400. The molecule has 0 fully saturated rings. The molecule has 0 aliphatic rings. The lowest BCUT2D eigenvalue weighted by Crippen LogP contribution is -1.84. The summed E-state index contributed by atoms with van der Waals surface area (Å²) in [4.78, 5) is 4.62. The van der Waals surface area contributed by atoms with Gasteiger partial charge in [-0.1, -0.05) is 0 Å². The third kappa shape index (κ3) is 1.18. The van der Waals surface area contributed by atoms with Gasteiger partial charge >= 0.3 is 0 Å². The zero-order chi connectivity index (χ0) is 6.85. The van der Waals surface area contributed by atoms with Gasteiger partial charge in [-0.25, -0.2) is 9.37 Å². The normalized spacial score (nSPS) is 10.0. The molecule has 0 atom stereocenters. The standard InChI is InChI=1S/C5H7FN2S/c1-3-4(2-6)8-5(7)9-3/h2H2,1H3,(H2,7,8). The molecule has 0 aliphatic heterocycles. The van der Waals surface area contributed by atoms with Gasteiger partial charge in [0, 0.05) is 4.88 Å². The summed E-state index contributed by atoms with van der Waals surface area (Å²) in [6.45, 7) is 1.29. The van der Waals surface area contributed by atoms with E-state index >= 15 is 0 Å². The van der Waals surface area contributed by atoms with Crippen molar-refractivity contribution in [1.82, 2.24) is 4.98 Å². The summed E-state index contributed by atoms with van der Waals surface area (Å²) in [6.07, 6.45) is 0. The Morgan fingerprint density at radius 1 is 1.78 bits per heavy atom. The van der Waals surface area contributed by atoms with Crippen LogP contribution in [0.15, 0.2) is 0 Å². The van der Waals surface area contributed by atoms with Gasteiger partial charge in [-0.2, -0.15) is 0 Å². The first-order chi connectivity index (χ1) is 4.24. The number of anilines is 1. The Morgan fingerprint density at radius 3 is 2.67 bits per heavy atom. The third-order valence-electron chi connectivity index (χ3n) is 1.04. The van der Waals surface area contributed by atoms with E-state index in [4.69, 9.17) is 5.73 Å². The Balaban J connectivity index is 3.01. The molecule has 2 nitrogen and oxygen atoms in total. The smallest absolute Gasteiger partial charge is 0.180 e. The number of aryl methyl sites for hydroxylation is 1. The van der Waals surface area contributed by atoms with Gasteiger partial charge in [0.15, 0.2) is 5.13 Å². The number of nitrogens with two attached hydrogens (primary N) is 1. The molecule has 0 aliphatic carbocycles. The van der Waals surface area contributed by atoms with Crippen LogP contribution in [0.3, 0.4) is 0 Å². The summed E-state index contributed by atoms with van der Waals surface area (Å²) in [5, 5.41) is 0.445. The number of alkyl halides is 1. The van der Waals surface area contributed by atoms with Crippen LogP contribution in [0.2, 0.25) is 0 Å². The summed E-state index contributed by atoms with van der Waals surface area (Å²) in [6, 6.07) is 0. The molecular formula is C5H7FN2S. The van der Waals surface area contributed by atoms with E-state index < -0.39 is 6.67 Å². The highest BCUT2D eigenvalue weighted by Gasteiger charge is 2.02. The van der Waals surface area contributed by atoms with Crippen molar-refractivity contribution in [3.05, 3.63) is 10.6 Å². The van der Waals surface area contributed by atoms with Crippen molar-refractivity contribution in [3.63, 3.8) is 0 Å². The van der Waals surface area contributed by atoms with Gasteiger partial charge in [-0.3, -0.25) is 0 Å². The van der Waals surface area contributed by atoms with Gasteiger partial charge in [0.1, 0.15) is 6.67 Å². The van der Waals surface area contributed by atoms with E-state index in [2.05, 4.69) is 4.98 Å². The molecule has 1 aromatic rings. The molecule has 4 heteroatoms. The maximum atomic E-state index is 11.9. The number of aromatic nitrogens is 1. The van der Waals surface area contributed by atoms with Gasteiger partial charge in [0.05, 0.1) is 5.69 Å². The zero-order valence-corrected chi connectivity index (χ0v) is 5.83. The molecular weight excluding hydrogens is 139 g/mol. The summed E-state index contributed by atoms with van der Waals surface area (Å²) >= 11 is 1.32. The van der Waals surface area contributed by atoms with Crippen LogP contribution in [-0.2, 0) is 6.67 Å². The first kappa shape index (κ1) is 6.48. The van der Waals surface area contributed by atoms with Crippen LogP contribution in [0.1, 0.15) is 10.6 Å². The van der Waals surface area contributed by atoms with Crippen LogP contribution in [0.5, 0.6) is 0 Å². The SMILES string of the molecule is Cc1sc(N)nc1CF. The first-order valence-corrected chi connectivity index (χ1v) is 3.33. The summed E-state index contributed by atoms with van der Waals surface area (Å²) in [5.74, 6) is 0. The molecule has 1 rings (SSSR count). The Hall–Kier alpha value is -0.640. The predicted molar refractivity (Wildman–Crippen MR) is 36.1 cm³/mol. The Labute approximate surface area is 56.5 Å². The van der Waals surface area contributed by atoms with Crippen molar-refractivity contribution in [2.24, 2.45) is 0 Å².